The zero-order valence-corrected chi connectivity index (χ0v) is 13.4. The molecule has 4 N–H and O–H groups in total. The summed E-state index contributed by atoms with van der Waals surface area (Å²) >= 11 is 0. The zero-order chi connectivity index (χ0) is 15.9. The molecule has 4 bridgehead atoms. The number of amides is 2. The highest BCUT2D eigenvalue weighted by Gasteiger charge is 2.78. The van der Waals surface area contributed by atoms with Gasteiger partial charge in [0.25, 0.3) is 0 Å². The second-order valence-electron chi connectivity index (χ2n) is 7.93. The molecule has 4 aliphatic carbocycles. The number of fused-ring (bicyclic) bond motifs is 9. The molecule has 0 saturated heterocycles. The van der Waals surface area contributed by atoms with Gasteiger partial charge in [0, 0.05) is 0 Å². The van der Waals surface area contributed by atoms with Crippen molar-refractivity contribution in [2.75, 3.05) is 0 Å². The minimum atomic E-state index is -0.738. The Hall–Kier alpha value is -1.32. The summed E-state index contributed by atoms with van der Waals surface area (Å²) < 4.78 is 0. The summed E-state index contributed by atoms with van der Waals surface area (Å²) in [4.78, 5) is 25.2. The van der Waals surface area contributed by atoms with E-state index in [1.165, 1.54) is 6.42 Å². The van der Waals surface area contributed by atoms with Crippen LogP contribution in [0.3, 0.4) is 0 Å². The Labute approximate surface area is 131 Å². The first-order chi connectivity index (χ1) is 10.5. The molecule has 3 saturated carbocycles. The smallest absolute Gasteiger partial charge is 0.225 e. The van der Waals surface area contributed by atoms with Crippen LogP contribution in [-0.2, 0) is 9.59 Å². The lowest BCUT2D eigenvalue weighted by atomic mass is 9.47. The first-order valence-corrected chi connectivity index (χ1v) is 8.73. The van der Waals surface area contributed by atoms with Crippen molar-refractivity contribution >= 4 is 11.8 Å². The molecule has 0 heterocycles. The van der Waals surface area contributed by atoms with Gasteiger partial charge < -0.3 is 11.5 Å². The van der Waals surface area contributed by atoms with Gasteiger partial charge in [-0.25, -0.2) is 0 Å². The highest BCUT2D eigenvalue weighted by Crippen LogP contribution is 2.77. The normalized spacial score (nSPS) is 53.9. The van der Waals surface area contributed by atoms with Crippen molar-refractivity contribution in [3.63, 3.8) is 0 Å². The van der Waals surface area contributed by atoms with E-state index in [0.29, 0.717) is 36.5 Å². The predicted octanol–water partition coefficient (Wildman–Crippen LogP) is 1.84. The Morgan fingerprint density at radius 3 is 1.64 bits per heavy atom. The maximum atomic E-state index is 12.6. The Bertz CT molecular complexity index is 538. The quantitative estimate of drug-likeness (QED) is 0.613. The highest BCUT2D eigenvalue weighted by atomic mass is 16.2. The highest BCUT2D eigenvalue weighted by molar-refractivity contribution is 5.94. The van der Waals surface area contributed by atoms with Crippen LogP contribution in [0, 0.1) is 46.3 Å². The van der Waals surface area contributed by atoms with Crippen LogP contribution in [-0.4, -0.2) is 11.8 Å². The third-order valence-corrected chi connectivity index (χ3v) is 8.08. The Kier molecular flexibility index (Phi) is 2.69. The average molecular weight is 302 g/mol. The van der Waals surface area contributed by atoms with E-state index in [4.69, 9.17) is 11.5 Å². The lowest BCUT2D eigenvalue weighted by molar-refractivity contribution is -0.164. The second-order valence-corrected chi connectivity index (χ2v) is 7.93. The van der Waals surface area contributed by atoms with Crippen LogP contribution >= 0.6 is 0 Å². The van der Waals surface area contributed by atoms with Crippen molar-refractivity contribution < 1.29 is 9.59 Å². The van der Waals surface area contributed by atoms with Crippen molar-refractivity contribution in [2.24, 2.45) is 57.8 Å². The summed E-state index contributed by atoms with van der Waals surface area (Å²) in [6.07, 6.45) is 8.09. The molecule has 120 valence electrons. The zero-order valence-electron chi connectivity index (χ0n) is 13.4. The van der Waals surface area contributed by atoms with Crippen molar-refractivity contribution in [1.29, 1.82) is 0 Å². The van der Waals surface area contributed by atoms with Gasteiger partial charge in [-0.1, -0.05) is 26.0 Å². The maximum absolute atomic E-state index is 12.6. The number of nitrogens with two attached hydrogens (primary N) is 2. The summed E-state index contributed by atoms with van der Waals surface area (Å²) in [5.74, 6) is 2.10. The van der Waals surface area contributed by atoms with E-state index in [1.54, 1.807) is 0 Å². The van der Waals surface area contributed by atoms with Crippen LogP contribution in [0.1, 0.15) is 39.5 Å². The van der Waals surface area contributed by atoms with Crippen LogP contribution in [0.2, 0.25) is 0 Å². The fraction of sp³-hybridized carbons (Fsp3) is 0.778. The fourth-order valence-corrected chi connectivity index (χ4v) is 7.65. The number of carbonyl (C=O) groups is 2. The molecular formula is C18H26N2O2. The summed E-state index contributed by atoms with van der Waals surface area (Å²) in [5, 5.41) is 0. The van der Waals surface area contributed by atoms with Crippen LogP contribution in [0.15, 0.2) is 12.2 Å². The molecule has 4 rings (SSSR count). The number of allylic oxidation sites excluding steroid dienone is 2. The number of carbonyl (C=O) groups excluding carboxylic acids is 2. The summed E-state index contributed by atoms with van der Waals surface area (Å²) in [5.41, 5.74) is 10.4. The lowest BCUT2D eigenvalue weighted by Crippen LogP contribution is -2.63. The average Bonchev–Trinajstić information content (AvgIpc) is 3.21. The molecule has 4 heteroatoms. The van der Waals surface area contributed by atoms with E-state index < -0.39 is 10.8 Å². The maximum Gasteiger partial charge on any atom is 0.225 e. The van der Waals surface area contributed by atoms with E-state index in [1.807, 2.05) is 13.8 Å². The first kappa shape index (κ1) is 14.3. The van der Waals surface area contributed by atoms with Crippen LogP contribution < -0.4 is 11.5 Å². The largest absolute Gasteiger partial charge is 0.369 e. The van der Waals surface area contributed by atoms with Gasteiger partial charge in [-0.2, -0.15) is 0 Å². The standard InChI is InChI=1S/C18H26N2O2/c1-3-17(15(19)21)11-8-12(18(17,4-2)16(20)22)14-10-6-5-9(7-10)13(11)14/h5-6,9-14H,3-4,7-8H2,1-2H3,(H2,19,21)(H2,20,22). The number of hydrogen-bond donors (Lipinski definition) is 2. The van der Waals surface area contributed by atoms with Crippen LogP contribution in [0.5, 0.6) is 0 Å². The van der Waals surface area contributed by atoms with Gasteiger partial charge in [0.05, 0.1) is 10.8 Å². The van der Waals surface area contributed by atoms with Crippen molar-refractivity contribution in [3.05, 3.63) is 12.2 Å². The minimum absolute atomic E-state index is 0.234. The topological polar surface area (TPSA) is 86.2 Å². The third kappa shape index (κ3) is 1.17. The summed E-state index contributed by atoms with van der Waals surface area (Å²) in [6.45, 7) is 4.02. The van der Waals surface area contributed by atoms with Gasteiger partial charge in [0.2, 0.25) is 11.8 Å². The molecule has 0 aliphatic heterocycles. The molecule has 0 aromatic carbocycles. The van der Waals surface area contributed by atoms with Crippen molar-refractivity contribution in [3.8, 4) is 0 Å². The van der Waals surface area contributed by atoms with Gasteiger partial charge in [0.1, 0.15) is 0 Å². The monoisotopic (exact) mass is 302 g/mol. The number of rotatable bonds is 4. The molecule has 0 spiro atoms. The molecule has 0 aromatic rings. The lowest BCUT2D eigenvalue weighted by Gasteiger charge is -2.54. The van der Waals surface area contributed by atoms with Gasteiger partial charge in [-0.3, -0.25) is 9.59 Å². The molecule has 22 heavy (non-hydrogen) atoms. The molecule has 4 nitrogen and oxygen atoms in total. The second kappa shape index (κ2) is 4.15. The molecule has 4 aliphatic rings. The Morgan fingerprint density at radius 2 is 1.32 bits per heavy atom. The fourth-order valence-electron chi connectivity index (χ4n) is 7.65. The van der Waals surface area contributed by atoms with E-state index in [0.717, 1.165) is 6.42 Å². The Morgan fingerprint density at radius 1 is 0.909 bits per heavy atom. The van der Waals surface area contributed by atoms with Gasteiger partial charge in [-0.15, -0.1) is 0 Å². The van der Waals surface area contributed by atoms with Crippen LogP contribution in [0.25, 0.3) is 0 Å². The van der Waals surface area contributed by atoms with E-state index in [2.05, 4.69) is 12.2 Å². The summed E-state index contributed by atoms with van der Waals surface area (Å²) in [7, 11) is 0. The minimum Gasteiger partial charge on any atom is -0.369 e. The molecule has 8 unspecified atom stereocenters. The van der Waals surface area contributed by atoms with Gasteiger partial charge in [-0.05, 0) is 61.2 Å². The van der Waals surface area contributed by atoms with E-state index in [-0.39, 0.29) is 23.7 Å². The van der Waals surface area contributed by atoms with Gasteiger partial charge in [0.15, 0.2) is 0 Å². The SMILES string of the molecule is CCC1(C(N)=O)C2CC(C3C4C=CC(C4)C32)C1(CC)C(N)=O. The molecule has 0 radical (unpaired) electrons. The molecule has 3 fully saturated rings. The number of primary amides is 2. The van der Waals surface area contributed by atoms with E-state index >= 15 is 0 Å². The van der Waals surface area contributed by atoms with E-state index in [9.17, 15) is 9.59 Å². The van der Waals surface area contributed by atoms with Crippen molar-refractivity contribution in [1.82, 2.24) is 0 Å². The van der Waals surface area contributed by atoms with Crippen LogP contribution in [0.4, 0.5) is 0 Å². The molecule has 8 atom stereocenters. The van der Waals surface area contributed by atoms with Gasteiger partial charge >= 0.3 is 0 Å². The first-order valence-electron chi connectivity index (χ1n) is 8.73. The molecular weight excluding hydrogens is 276 g/mol. The number of hydrogen-bond acceptors (Lipinski definition) is 2. The third-order valence-electron chi connectivity index (χ3n) is 8.08. The Balaban J connectivity index is 1.93. The predicted molar refractivity (Wildman–Crippen MR) is 83.2 cm³/mol. The molecule has 2 amide bonds. The molecule has 0 aromatic heterocycles. The summed E-state index contributed by atoms with van der Waals surface area (Å²) in [6, 6.07) is 0. The van der Waals surface area contributed by atoms with Crippen molar-refractivity contribution in [2.45, 2.75) is 39.5 Å².